The number of nitrogens with zero attached hydrogens (tertiary/aromatic N) is 5. The lowest BCUT2D eigenvalue weighted by atomic mass is 10.2. The number of halogens is 2. The van der Waals surface area contributed by atoms with E-state index in [1.54, 1.807) is 42.2 Å². The third kappa shape index (κ3) is 3.66. The van der Waals surface area contributed by atoms with Crippen LogP contribution in [0.15, 0.2) is 57.0 Å². The van der Waals surface area contributed by atoms with Crippen molar-refractivity contribution >= 4 is 38.7 Å². The highest BCUT2D eigenvalue weighted by molar-refractivity contribution is 9.10. The Kier molecular flexibility index (Phi) is 5.48. The zero-order valence-electron chi connectivity index (χ0n) is 16.2. The average Bonchev–Trinajstić information content (AvgIpc) is 3.07. The molecule has 0 fully saturated rings. The number of imidazole rings is 1. The molecule has 0 saturated carbocycles. The molecule has 10 heteroatoms. The summed E-state index contributed by atoms with van der Waals surface area (Å²) in [5, 5.41) is 0.545. The summed E-state index contributed by atoms with van der Waals surface area (Å²) in [6, 6.07) is 9.10. The van der Waals surface area contributed by atoms with Gasteiger partial charge in [0.2, 0.25) is 0 Å². The molecule has 0 atom stereocenters. The fraction of sp³-hybridized carbons (Fsp3) is 0.200. The molecule has 30 heavy (non-hydrogen) atoms. The second-order valence-electron chi connectivity index (χ2n) is 6.75. The number of fused-ring (bicyclic) bond motifs is 1. The van der Waals surface area contributed by atoms with Gasteiger partial charge in [0.15, 0.2) is 15.9 Å². The van der Waals surface area contributed by atoms with Gasteiger partial charge in [-0.25, -0.2) is 9.78 Å². The molecule has 0 saturated heterocycles. The molecule has 0 radical (unpaired) electrons. The number of rotatable bonds is 5. The predicted octanol–water partition coefficient (Wildman–Crippen LogP) is 2.87. The molecular weight excluding hydrogens is 474 g/mol. The number of pyridine rings is 1. The average molecular weight is 491 g/mol. The smallest absolute Gasteiger partial charge is 0.332 e. The first-order valence-electron chi connectivity index (χ1n) is 8.98. The quantitative estimate of drug-likeness (QED) is 0.402. The van der Waals surface area contributed by atoms with Crippen LogP contribution in [-0.4, -0.2) is 23.7 Å². The van der Waals surface area contributed by atoms with Crippen LogP contribution in [0.3, 0.4) is 0 Å². The van der Waals surface area contributed by atoms with Gasteiger partial charge in [-0.15, -0.1) is 0 Å². The van der Waals surface area contributed by atoms with Gasteiger partial charge in [-0.05, 0) is 40.2 Å². The van der Waals surface area contributed by atoms with Gasteiger partial charge in [0, 0.05) is 42.6 Å². The summed E-state index contributed by atoms with van der Waals surface area (Å²) in [6.45, 7) is 0.633. The Balaban J connectivity index is 1.77. The van der Waals surface area contributed by atoms with Gasteiger partial charge in [-0.1, -0.05) is 17.7 Å². The maximum absolute atomic E-state index is 12.5. The van der Waals surface area contributed by atoms with Crippen LogP contribution in [-0.2, 0) is 27.2 Å². The largest absolute Gasteiger partial charge is 0.488 e. The van der Waals surface area contributed by atoms with Crippen molar-refractivity contribution in [3.8, 4) is 5.75 Å². The normalized spacial score (nSPS) is 11.2. The Morgan fingerprint density at radius 1 is 1.17 bits per heavy atom. The Morgan fingerprint density at radius 2 is 1.97 bits per heavy atom. The lowest BCUT2D eigenvalue weighted by Gasteiger charge is -2.14. The van der Waals surface area contributed by atoms with Crippen molar-refractivity contribution in [3.63, 3.8) is 0 Å². The molecular formula is C20H17BrClN5O3. The molecule has 0 aliphatic carbocycles. The van der Waals surface area contributed by atoms with Crippen molar-refractivity contribution in [1.29, 1.82) is 0 Å². The van der Waals surface area contributed by atoms with Crippen LogP contribution in [0.2, 0.25) is 5.02 Å². The highest BCUT2D eigenvalue weighted by Gasteiger charge is 2.19. The summed E-state index contributed by atoms with van der Waals surface area (Å²) in [4.78, 5) is 33.3. The third-order valence-corrected chi connectivity index (χ3v) is 5.60. The summed E-state index contributed by atoms with van der Waals surface area (Å²) in [7, 11) is 3.03. The number of aromatic nitrogens is 5. The molecule has 0 bridgehead atoms. The van der Waals surface area contributed by atoms with Gasteiger partial charge in [-0.2, -0.15) is 0 Å². The van der Waals surface area contributed by atoms with Gasteiger partial charge in [-0.3, -0.25) is 23.5 Å². The molecule has 4 rings (SSSR count). The van der Waals surface area contributed by atoms with E-state index in [9.17, 15) is 9.59 Å². The number of hydrogen-bond acceptors (Lipinski definition) is 5. The summed E-state index contributed by atoms with van der Waals surface area (Å²) >= 11 is 9.63. The molecule has 154 valence electrons. The van der Waals surface area contributed by atoms with Gasteiger partial charge >= 0.3 is 5.69 Å². The monoisotopic (exact) mass is 489 g/mol. The molecule has 0 unspecified atom stereocenters. The SMILES string of the molecule is Cn1c(=O)c2nc(Br)n(Cc3cc(Cl)ccc3OCc3cccnc3)c2n(C)c1=O. The van der Waals surface area contributed by atoms with Crippen molar-refractivity contribution < 1.29 is 4.74 Å². The predicted molar refractivity (Wildman–Crippen MR) is 117 cm³/mol. The molecule has 0 aliphatic heterocycles. The summed E-state index contributed by atoms with van der Waals surface area (Å²) in [6.07, 6.45) is 3.44. The molecule has 0 aliphatic rings. The van der Waals surface area contributed by atoms with Crippen molar-refractivity contribution in [2.75, 3.05) is 0 Å². The number of aryl methyl sites for hydroxylation is 1. The fourth-order valence-electron chi connectivity index (χ4n) is 3.23. The van der Waals surface area contributed by atoms with Gasteiger partial charge in [0.05, 0.1) is 6.54 Å². The molecule has 0 N–H and O–H groups in total. The minimum atomic E-state index is -0.452. The number of benzene rings is 1. The maximum Gasteiger partial charge on any atom is 0.332 e. The highest BCUT2D eigenvalue weighted by Crippen LogP contribution is 2.27. The van der Waals surface area contributed by atoms with E-state index in [1.807, 2.05) is 12.1 Å². The molecule has 0 spiro atoms. The number of hydrogen-bond donors (Lipinski definition) is 0. The van der Waals surface area contributed by atoms with E-state index in [0.29, 0.717) is 34.3 Å². The van der Waals surface area contributed by atoms with Crippen molar-refractivity contribution in [2.45, 2.75) is 13.2 Å². The van der Waals surface area contributed by atoms with Crippen LogP contribution in [0.5, 0.6) is 5.75 Å². The first-order valence-corrected chi connectivity index (χ1v) is 10.2. The molecule has 4 aromatic rings. The second kappa shape index (κ2) is 8.08. The minimum Gasteiger partial charge on any atom is -0.488 e. The minimum absolute atomic E-state index is 0.200. The fourth-order valence-corrected chi connectivity index (χ4v) is 3.90. The van der Waals surface area contributed by atoms with E-state index in [0.717, 1.165) is 15.7 Å². The van der Waals surface area contributed by atoms with E-state index < -0.39 is 11.2 Å². The lowest BCUT2D eigenvalue weighted by Crippen LogP contribution is -2.37. The topological polar surface area (TPSA) is 83.9 Å². The molecule has 8 nitrogen and oxygen atoms in total. The lowest BCUT2D eigenvalue weighted by molar-refractivity contribution is 0.302. The molecule has 1 aromatic carbocycles. The van der Waals surface area contributed by atoms with Crippen LogP contribution in [0.4, 0.5) is 0 Å². The third-order valence-electron chi connectivity index (χ3n) is 4.76. The van der Waals surface area contributed by atoms with Gasteiger partial charge in [0.25, 0.3) is 5.56 Å². The van der Waals surface area contributed by atoms with E-state index >= 15 is 0 Å². The Morgan fingerprint density at radius 3 is 2.70 bits per heavy atom. The van der Waals surface area contributed by atoms with E-state index in [-0.39, 0.29) is 5.52 Å². The van der Waals surface area contributed by atoms with Crippen LogP contribution >= 0.6 is 27.5 Å². The van der Waals surface area contributed by atoms with Crippen molar-refractivity contribution in [2.24, 2.45) is 14.1 Å². The first kappa shape index (κ1) is 20.4. The van der Waals surface area contributed by atoms with Gasteiger partial charge < -0.3 is 4.74 Å². The summed E-state index contributed by atoms with van der Waals surface area (Å²) < 4.78 is 10.6. The van der Waals surface area contributed by atoms with Crippen molar-refractivity contribution in [3.05, 3.63) is 84.4 Å². The Bertz CT molecular complexity index is 1360. The van der Waals surface area contributed by atoms with Crippen LogP contribution in [0.25, 0.3) is 11.2 Å². The standard InChI is InChI=1S/C20H17BrClN5O3/c1-25-17-16(18(28)26(2)20(25)29)24-19(21)27(17)10-13-8-14(22)5-6-15(13)30-11-12-4-3-7-23-9-12/h3-9H,10-11H2,1-2H3. The first-order chi connectivity index (χ1) is 14.4. The molecule has 3 heterocycles. The van der Waals surface area contributed by atoms with E-state index in [4.69, 9.17) is 16.3 Å². The van der Waals surface area contributed by atoms with Crippen LogP contribution in [0.1, 0.15) is 11.1 Å². The van der Waals surface area contributed by atoms with Crippen LogP contribution < -0.4 is 16.0 Å². The summed E-state index contributed by atoms with van der Waals surface area (Å²) in [5.41, 5.74) is 1.43. The van der Waals surface area contributed by atoms with E-state index in [2.05, 4.69) is 25.9 Å². The number of ether oxygens (including phenoxy) is 1. The molecule has 0 amide bonds. The van der Waals surface area contributed by atoms with Crippen LogP contribution in [0, 0.1) is 0 Å². The van der Waals surface area contributed by atoms with Gasteiger partial charge in [0.1, 0.15) is 12.4 Å². The Labute approximate surface area is 184 Å². The zero-order valence-corrected chi connectivity index (χ0v) is 18.5. The molecule has 3 aromatic heterocycles. The van der Waals surface area contributed by atoms with E-state index in [1.165, 1.54) is 11.6 Å². The summed E-state index contributed by atoms with van der Waals surface area (Å²) in [5.74, 6) is 0.630. The highest BCUT2D eigenvalue weighted by atomic mass is 79.9. The van der Waals surface area contributed by atoms with Crippen molar-refractivity contribution in [1.82, 2.24) is 23.7 Å². The zero-order chi connectivity index (χ0) is 21.4. The second-order valence-corrected chi connectivity index (χ2v) is 7.89. The Hall–Kier alpha value is -2.91. The maximum atomic E-state index is 12.5.